The van der Waals surface area contributed by atoms with Crippen molar-refractivity contribution in [3.8, 4) is 5.75 Å². The summed E-state index contributed by atoms with van der Waals surface area (Å²) in [4.78, 5) is 35.5. The smallest absolute Gasteiger partial charge is 0.320 e. The van der Waals surface area contributed by atoms with E-state index in [0.717, 1.165) is 12.8 Å². The number of halogens is 2. The molecule has 1 aliphatic carbocycles. The van der Waals surface area contributed by atoms with Crippen LogP contribution in [0.25, 0.3) is 10.9 Å². The molecule has 2 fully saturated rings. The number of carbonyl (C=O) groups excluding carboxylic acids is 2. The highest BCUT2D eigenvalue weighted by molar-refractivity contribution is 6.31. The minimum Gasteiger partial charge on any atom is -0.491 e. The van der Waals surface area contributed by atoms with Gasteiger partial charge in [0.2, 0.25) is 5.91 Å². The molecule has 2 aromatic carbocycles. The molecule has 0 bridgehead atoms. The minimum atomic E-state index is -0.522. The number of methoxy groups -OCH3 is 1. The molecule has 1 saturated heterocycles. The van der Waals surface area contributed by atoms with E-state index < -0.39 is 5.82 Å². The Morgan fingerprint density at radius 2 is 2.12 bits per heavy atom. The summed E-state index contributed by atoms with van der Waals surface area (Å²) in [6.07, 6.45) is 7.16. The number of fused-ring (bicyclic) bond motifs is 1. The van der Waals surface area contributed by atoms with Crippen LogP contribution in [0.3, 0.4) is 0 Å². The zero-order chi connectivity index (χ0) is 28.8. The Morgan fingerprint density at radius 1 is 1.27 bits per heavy atom. The molecule has 0 spiro atoms. The molecule has 41 heavy (non-hydrogen) atoms. The van der Waals surface area contributed by atoms with Gasteiger partial charge in [0.05, 0.1) is 29.4 Å². The Hall–Kier alpha value is -3.80. The standard InChI is InChI=1S/C29H31ClFN5O5/c1-39-10-8-20-14-36(15-28(38)41-20)9-2-3-27(37)35-25-12-21-24(13-26(25)40-16-18-4-5-18)32-17-33-29(21)34-19-6-7-23(31)22(30)11-19/h2-3,6-7,11-13,17-18,20H,4-5,8-10,14-16H2,1H3,(H,35,37)(H,32,33,34). The quantitative estimate of drug-likeness (QED) is 0.231. The summed E-state index contributed by atoms with van der Waals surface area (Å²) < 4.78 is 30.1. The number of cyclic esters (lactones) is 1. The highest BCUT2D eigenvalue weighted by Gasteiger charge is 2.26. The van der Waals surface area contributed by atoms with Gasteiger partial charge in [-0.05, 0) is 43.0 Å². The van der Waals surface area contributed by atoms with Crippen LogP contribution < -0.4 is 15.4 Å². The molecular weight excluding hydrogens is 553 g/mol. The number of nitrogens with one attached hydrogen (secondary N) is 2. The Morgan fingerprint density at radius 3 is 2.90 bits per heavy atom. The van der Waals surface area contributed by atoms with E-state index in [2.05, 4.69) is 20.6 Å². The molecular formula is C29H31ClFN5O5. The number of anilines is 3. The van der Waals surface area contributed by atoms with E-state index in [4.69, 9.17) is 25.8 Å². The highest BCUT2D eigenvalue weighted by atomic mass is 35.5. The molecule has 3 aromatic rings. The lowest BCUT2D eigenvalue weighted by atomic mass is 10.1. The predicted molar refractivity (Wildman–Crippen MR) is 153 cm³/mol. The lowest BCUT2D eigenvalue weighted by molar-refractivity contribution is -0.159. The first-order valence-corrected chi connectivity index (χ1v) is 13.8. The summed E-state index contributed by atoms with van der Waals surface area (Å²) in [5, 5.41) is 6.66. The van der Waals surface area contributed by atoms with Crippen LogP contribution in [0.4, 0.5) is 21.6 Å². The second-order valence-corrected chi connectivity index (χ2v) is 10.5. The fourth-order valence-electron chi connectivity index (χ4n) is 4.42. The van der Waals surface area contributed by atoms with Crippen LogP contribution in [0.15, 0.2) is 48.8 Å². The van der Waals surface area contributed by atoms with Crippen molar-refractivity contribution in [1.82, 2.24) is 14.9 Å². The molecule has 1 amide bonds. The lowest BCUT2D eigenvalue weighted by Gasteiger charge is -2.31. The Bertz CT molecular complexity index is 1450. The van der Waals surface area contributed by atoms with Gasteiger partial charge in [-0.25, -0.2) is 14.4 Å². The largest absolute Gasteiger partial charge is 0.491 e. The van der Waals surface area contributed by atoms with Crippen LogP contribution >= 0.6 is 11.6 Å². The number of ether oxygens (including phenoxy) is 3. The average Bonchev–Trinajstić information content (AvgIpc) is 3.77. The van der Waals surface area contributed by atoms with E-state index in [0.29, 0.717) is 72.5 Å². The fraction of sp³-hybridized carbons (Fsp3) is 0.379. The van der Waals surface area contributed by atoms with Crippen molar-refractivity contribution in [2.24, 2.45) is 5.92 Å². The summed E-state index contributed by atoms with van der Waals surface area (Å²) >= 11 is 5.94. The first-order valence-electron chi connectivity index (χ1n) is 13.4. The van der Waals surface area contributed by atoms with Crippen LogP contribution in [0.2, 0.25) is 5.02 Å². The van der Waals surface area contributed by atoms with Crippen LogP contribution in [0.5, 0.6) is 5.75 Å². The van der Waals surface area contributed by atoms with E-state index in [-0.39, 0.29) is 29.5 Å². The van der Waals surface area contributed by atoms with E-state index in [1.165, 1.54) is 24.5 Å². The Balaban J connectivity index is 1.32. The van der Waals surface area contributed by atoms with Gasteiger partial charge < -0.3 is 24.8 Å². The maximum absolute atomic E-state index is 13.6. The second-order valence-electron chi connectivity index (χ2n) is 10.1. The van der Waals surface area contributed by atoms with Crippen molar-refractivity contribution in [2.75, 3.05) is 50.6 Å². The number of nitrogens with zero attached hydrogens (tertiary/aromatic N) is 3. The lowest BCUT2D eigenvalue weighted by Crippen LogP contribution is -2.45. The topological polar surface area (TPSA) is 115 Å². The summed E-state index contributed by atoms with van der Waals surface area (Å²) in [6.45, 7) is 2.19. The normalized spacial score (nSPS) is 17.5. The number of rotatable bonds is 12. The molecule has 216 valence electrons. The van der Waals surface area contributed by atoms with Gasteiger partial charge in [-0.3, -0.25) is 14.5 Å². The van der Waals surface area contributed by atoms with Gasteiger partial charge in [0.15, 0.2) is 0 Å². The number of morpholine rings is 1. The van der Waals surface area contributed by atoms with E-state index in [1.54, 1.807) is 31.4 Å². The van der Waals surface area contributed by atoms with Gasteiger partial charge in [-0.1, -0.05) is 17.7 Å². The third kappa shape index (κ3) is 7.90. The van der Waals surface area contributed by atoms with Gasteiger partial charge >= 0.3 is 5.97 Å². The summed E-state index contributed by atoms with van der Waals surface area (Å²) in [5.74, 6) is 0.291. The number of esters is 1. The number of aromatic nitrogens is 2. The van der Waals surface area contributed by atoms with Crippen molar-refractivity contribution < 1.29 is 28.2 Å². The zero-order valence-electron chi connectivity index (χ0n) is 22.6. The molecule has 1 unspecified atom stereocenters. The molecule has 1 saturated carbocycles. The van der Waals surface area contributed by atoms with Crippen LogP contribution in [-0.4, -0.2) is 72.8 Å². The first-order chi connectivity index (χ1) is 19.9. The van der Waals surface area contributed by atoms with Gasteiger partial charge in [0.1, 0.15) is 29.8 Å². The van der Waals surface area contributed by atoms with Gasteiger partial charge in [0.25, 0.3) is 0 Å². The van der Waals surface area contributed by atoms with Gasteiger partial charge in [-0.2, -0.15) is 0 Å². The maximum Gasteiger partial charge on any atom is 0.320 e. The van der Waals surface area contributed by atoms with E-state index in [9.17, 15) is 14.0 Å². The van der Waals surface area contributed by atoms with Gasteiger partial charge in [-0.15, -0.1) is 0 Å². The third-order valence-electron chi connectivity index (χ3n) is 6.74. The van der Waals surface area contributed by atoms with Crippen molar-refractivity contribution in [3.63, 3.8) is 0 Å². The number of hydrogen-bond donors (Lipinski definition) is 2. The summed E-state index contributed by atoms with van der Waals surface area (Å²) in [5.41, 5.74) is 1.61. The average molecular weight is 584 g/mol. The highest BCUT2D eigenvalue weighted by Crippen LogP contribution is 2.36. The number of amides is 1. The van der Waals surface area contributed by atoms with Crippen molar-refractivity contribution in [1.29, 1.82) is 0 Å². The Kier molecular flexibility index (Phi) is 9.28. The summed E-state index contributed by atoms with van der Waals surface area (Å²) in [7, 11) is 1.60. The zero-order valence-corrected chi connectivity index (χ0v) is 23.3. The third-order valence-corrected chi connectivity index (χ3v) is 7.03. The number of benzene rings is 2. The van der Waals surface area contributed by atoms with E-state index in [1.807, 2.05) is 4.90 Å². The SMILES string of the molecule is COCCC1CN(CC=CC(=O)Nc2cc3c(Nc4ccc(F)c(Cl)c4)ncnc3cc2OCC2CC2)CC(=O)O1. The fourth-order valence-corrected chi connectivity index (χ4v) is 4.60. The predicted octanol–water partition coefficient (Wildman–Crippen LogP) is 4.71. The Labute approximate surface area is 241 Å². The van der Waals surface area contributed by atoms with Gasteiger partial charge in [0, 0.05) is 56.4 Å². The van der Waals surface area contributed by atoms with Crippen molar-refractivity contribution in [3.05, 3.63) is 59.7 Å². The molecule has 0 radical (unpaired) electrons. The molecule has 1 aliphatic heterocycles. The summed E-state index contributed by atoms with van der Waals surface area (Å²) in [6, 6.07) is 7.80. The number of hydrogen-bond acceptors (Lipinski definition) is 9. The number of carbonyl (C=O) groups is 2. The first kappa shape index (κ1) is 28.7. The van der Waals surface area contributed by atoms with Crippen molar-refractivity contribution in [2.45, 2.75) is 25.4 Å². The molecule has 2 N–H and O–H groups in total. The van der Waals surface area contributed by atoms with Crippen molar-refractivity contribution >= 4 is 51.6 Å². The molecule has 2 aliphatic rings. The van der Waals surface area contributed by atoms with E-state index >= 15 is 0 Å². The van der Waals surface area contributed by atoms with Crippen LogP contribution in [-0.2, 0) is 19.1 Å². The van der Waals surface area contributed by atoms with Crippen LogP contribution in [0, 0.1) is 11.7 Å². The minimum absolute atomic E-state index is 0.0178. The second kappa shape index (κ2) is 13.2. The molecule has 2 heterocycles. The van der Waals surface area contributed by atoms with Crippen LogP contribution in [0.1, 0.15) is 19.3 Å². The molecule has 10 nitrogen and oxygen atoms in total. The molecule has 1 aromatic heterocycles. The maximum atomic E-state index is 13.6. The molecule has 5 rings (SSSR count). The monoisotopic (exact) mass is 583 g/mol. The molecule has 1 atom stereocenters. The molecule has 12 heteroatoms.